The number of rotatable bonds is 3. The molecule has 0 aliphatic heterocycles. The third kappa shape index (κ3) is 2.50. The molecule has 1 heterocycles. The van der Waals surface area contributed by atoms with Crippen molar-refractivity contribution in [2.75, 3.05) is 19.5 Å². The van der Waals surface area contributed by atoms with E-state index in [0.29, 0.717) is 6.61 Å². The second kappa shape index (κ2) is 4.66. The lowest BCUT2D eigenvalue weighted by Gasteiger charge is -1.99. The molecule has 0 spiro atoms. The number of nitrogen functional groups attached to an aromatic ring is 1. The molecule has 0 unspecified atom stereocenters. The number of nitrogens with two attached hydrogens (primary N) is 1. The van der Waals surface area contributed by atoms with Gasteiger partial charge in [-0.1, -0.05) is 12.2 Å². The van der Waals surface area contributed by atoms with Crippen LogP contribution in [-0.4, -0.2) is 18.7 Å². The van der Waals surface area contributed by atoms with Crippen LogP contribution in [0.5, 0.6) is 0 Å². The van der Waals surface area contributed by atoms with E-state index in [-0.39, 0.29) is 5.56 Å². The molecule has 0 bridgehead atoms. The van der Waals surface area contributed by atoms with Gasteiger partial charge in [0.2, 0.25) is 5.95 Å². The molecule has 0 saturated carbocycles. The smallest absolute Gasteiger partial charge is 0.222 e. The molecule has 0 aliphatic rings. The highest BCUT2D eigenvalue weighted by Gasteiger charge is 2.06. The van der Waals surface area contributed by atoms with E-state index in [1.165, 1.54) is 13.2 Å². The van der Waals surface area contributed by atoms with Gasteiger partial charge in [-0.25, -0.2) is 4.39 Å². The Balaban J connectivity index is 2.92. The third-order valence-electron chi connectivity index (χ3n) is 1.54. The summed E-state index contributed by atoms with van der Waals surface area (Å²) >= 11 is 0. The van der Waals surface area contributed by atoms with Gasteiger partial charge in [0, 0.05) is 12.7 Å². The Bertz CT molecular complexity index is 353. The third-order valence-corrected chi connectivity index (χ3v) is 1.54. The van der Waals surface area contributed by atoms with Gasteiger partial charge in [-0.05, 0) is 6.07 Å². The number of aromatic nitrogens is 1. The number of hydrogen-bond acceptors (Lipinski definition) is 3. The van der Waals surface area contributed by atoms with Gasteiger partial charge in [0.15, 0.2) is 11.6 Å². The molecular formula is C9H10F2N2O. The summed E-state index contributed by atoms with van der Waals surface area (Å²) in [4.78, 5) is 3.20. The van der Waals surface area contributed by atoms with Gasteiger partial charge in [-0.3, -0.25) is 0 Å². The van der Waals surface area contributed by atoms with E-state index in [0.717, 1.165) is 6.07 Å². The SMILES string of the molecule is COC/C=C/c1cc(F)c(N)nc1F. The minimum absolute atomic E-state index is 0.0498. The lowest BCUT2D eigenvalue weighted by Crippen LogP contribution is -1.99. The summed E-state index contributed by atoms with van der Waals surface area (Å²) in [6.45, 7) is 0.325. The zero-order valence-electron chi connectivity index (χ0n) is 7.63. The van der Waals surface area contributed by atoms with Crippen LogP contribution in [0.2, 0.25) is 0 Å². The van der Waals surface area contributed by atoms with Gasteiger partial charge in [-0.2, -0.15) is 9.37 Å². The molecule has 14 heavy (non-hydrogen) atoms. The highest BCUT2D eigenvalue weighted by Crippen LogP contribution is 2.13. The van der Waals surface area contributed by atoms with Crippen LogP contribution in [0.25, 0.3) is 6.08 Å². The Morgan fingerprint density at radius 3 is 2.93 bits per heavy atom. The van der Waals surface area contributed by atoms with Crippen LogP contribution in [0, 0.1) is 11.8 Å². The topological polar surface area (TPSA) is 48.1 Å². The molecular weight excluding hydrogens is 190 g/mol. The maximum atomic E-state index is 13.0. The van der Waals surface area contributed by atoms with Crippen molar-refractivity contribution in [1.29, 1.82) is 0 Å². The number of hydrogen-bond donors (Lipinski definition) is 1. The van der Waals surface area contributed by atoms with Crippen LogP contribution < -0.4 is 5.73 Å². The second-order valence-electron chi connectivity index (χ2n) is 2.59. The molecule has 1 aromatic heterocycles. The van der Waals surface area contributed by atoms with Crippen LogP contribution in [0.3, 0.4) is 0 Å². The lowest BCUT2D eigenvalue weighted by atomic mass is 10.2. The van der Waals surface area contributed by atoms with Crippen LogP contribution in [-0.2, 0) is 4.74 Å². The molecule has 0 aromatic carbocycles. The molecule has 0 fully saturated rings. The monoisotopic (exact) mass is 200 g/mol. The first kappa shape index (κ1) is 10.6. The molecule has 1 aromatic rings. The van der Waals surface area contributed by atoms with Crippen LogP contribution in [0.15, 0.2) is 12.1 Å². The van der Waals surface area contributed by atoms with Crippen molar-refractivity contribution in [2.24, 2.45) is 0 Å². The van der Waals surface area contributed by atoms with Crippen molar-refractivity contribution in [1.82, 2.24) is 4.98 Å². The molecule has 0 radical (unpaired) electrons. The van der Waals surface area contributed by atoms with Crippen molar-refractivity contribution in [3.05, 3.63) is 29.5 Å². The molecule has 0 saturated heterocycles. The second-order valence-corrected chi connectivity index (χ2v) is 2.59. The highest BCUT2D eigenvalue weighted by molar-refractivity contribution is 5.51. The fraction of sp³-hybridized carbons (Fsp3) is 0.222. The van der Waals surface area contributed by atoms with E-state index in [9.17, 15) is 8.78 Å². The summed E-state index contributed by atoms with van der Waals surface area (Å²) in [6.07, 6.45) is 2.93. The van der Waals surface area contributed by atoms with E-state index < -0.39 is 17.6 Å². The van der Waals surface area contributed by atoms with Gasteiger partial charge in [0.05, 0.1) is 6.61 Å². The minimum Gasteiger partial charge on any atom is -0.381 e. The molecule has 0 amide bonds. The molecule has 3 nitrogen and oxygen atoms in total. The number of nitrogens with zero attached hydrogens (tertiary/aromatic N) is 1. The average molecular weight is 200 g/mol. The largest absolute Gasteiger partial charge is 0.381 e. The van der Waals surface area contributed by atoms with Gasteiger partial charge in [0.25, 0.3) is 0 Å². The summed E-state index contributed by atoms with van der Waals surface area (Å²) < 4.78 is 30.6. The van der Waals surface area contributed by atoms with E-state index in [4.69, 9.17) is 10.5 Å². The highest BCUT2D eigenvalue weighted by atomic mass is 19.1. The van der Waals surface area contributed by atoms with Crippen LogP contribution in [0.4, 0.5) is 14.6 Å². The molecule has 2 N–H and O–H groups in total. The zero-order valence-corrected chi connectivity index (χ0v) is 7.63. The number of methoxy groups -OCH3 is 1. The maximum Gasteiger partial charge on any atom is 0.222 e. The Hall–Kier alpha value is -1.49. The normalized spacial score (nSPS) is 11.1. The lowest BCUT2D eigenvalue weighted by molar-refractivity contribution is 0.234. The molecule has 5 heteroatoms. The quantitative estimate of drug-likeness (QED) is 0.754. The Morgan fingerprint density at radius 2 is 2.29 bits per heavy atom. The standard InChI is InChI=1S/C9H10F2N2O/c1-14-4-2-3-6-5-7(10)9(12)13-8(6)11/h2-3,5H,4H2,1H3,(H2,12,13)/b3-2+. The molecule has 1 rings (SSSR count). The maximum absolute atomic E-state index is 13.0. The molecule has 0 atom stereocenters. The van der Waals surface area contributed by atoms with E-state index in [1.54, 1.807) is 6.08 Å². The Kier molecular flexibility index (Phi) is 3.53. The number of anilines is 1. The first-order chi connectivity index (χ1) is 6.65. The number of halogens is 2. The first-order valence-electron chi connectivity index (χ1n) is 3.92. The van der Waals surface area contributed by atoms with Gasteiger partial charge in [0.1, 0.15) is 0 Å². The summed E-state index contributed by atoms with van der Waals surface area (Å²) in [7, 11) is 1.50. The van der Waals surface area contributed by atoms with Crippen molar-refractivity contribution in [3.8, 4) is 0 Å². The summed E-state index contributed by atoms with van der Waals surface area (Å²) in [5, 5.41) is 0. The van der Waals surface area contributed by atoms with Crippen LogP contribution in [0.1, 0.15) is 5.56 Å². The number of pyridine rings is 1. The van der Waals surface area contributed by atoms with E-state index >= 15 is 0 Å². The van der Waals surface area contributed by atoms with E-state index in [1.807, 2.05) is 0 Å². The van der Waals surface area contributed by atoms with Crippen molar-refractivity contribution >= 4 is 11.9 Å². The van der Waals surface area contributed by atoms with Crippen molar-refractivity contribution < 1.29 is 13.5 Å². The predicted octanol–water partition coefficient (Wildman–Crippen LogP) is 1.60. The summed E-state index contributed by atoms with van der Waals surface area (Å²) in [6, 6.07) is 0.990. The summed E-state index contributed by atoms with van der Waals surface area (Å²) in [5.41, 5.74) is 5.12. The predicted molar refractivity (Wildman–Crippen MR) is 49.5 cm³/mol. The van der Waals surface area contributed by atoms with Gasteiger partial charge >= 0.3 is 0 Å². The molecule has 0 aliphatic carbocycles. The minimum atomic E-state index is -0.795. The fourth-order valence-electron chi connectivity index (χ4n) is 0.882. The average Bonchev–Trinajstić information content (AvgIpc) is 2.14. The van der Waals surface area contributed by atoms with Crippen LogP contribution >= 0.6 is 0 Å². The van der Waals surface area contributed by atoms with Gasteiger partial charge in [-0.15, -0.1) is 0 Å². The summed E-state index contributed by atoms with van der Waals surface area (Å²) in [5.74, 6) is -1.97. The number of ether oxygens (including phenoxy) is 1. The fourth-order valence-corrected chi connectivity index (χ4v) is 0.882. The Morgan fingerprint density at radius 1 is 1.57 bits per heavy atom. The van der Waals surface area contributed by atoms with E-state index in [2.05, 4.69) is 4.98 Å². The zero-order chi connectivity index (χ0) is 10.6. The van der Waals surface area contributed by atoms with Crippen molar-refractivity contribution in [2.45, 2.75) is 0 Å². The Labute approximate surface area is 80.2 Å². The molecule has 76 valence electrons. The first-order valence-corrected chi connectivity index (χ1v) is 3.92. The van der Waals surface area contributed by atoms with Gasteiger partial charge < -0.3 is 10.5 Å². The van der Waals surface area contributed by atoms with Crippen molar-refractivity contribution in [3.63, 3.8) is 0 Å².